The van der Waals surface area contributed by atoms with Gasteiger partial charge < -0.3 is 16.4 Å². The second-order valence-electron chi connectivity index (χ2n) is 7.91. The molecule has 5 nitrogen and oxygen atoms in total. The minimum Gasteiger partial charge on any atom is -0.388 e. The number of benzene rings is 2. The lowest BCUT2D eigenvalue weighted by molar-refractivity contribution is 0.102. The minimum absolute atomic E-state index is 0.193. The standard InChI is InChI=1S/C25H28N4O/c1-15-19(6-4-8-22(15)27-3)20-7-5-9-23(16(20)2)29-25(30)24-12-21(17-10-11-17)18(13-26)14-28-24/h4-9,12,14,17,27H,10-11,13,26H2,1-3H3,(H,29,30). The molecule has 1 fully saturated rings. The quantitative estimate of drug-likeness (QED) is 0.544. The molecule has 154 valence electrons. The highest BCUT2D eigenvalue weighted by molar-refractivity contribution is 6.04. The number of hydrogen-bond donors (Lipinski definition) is 3. The Morgan fingerprint density at radius 1 is 1.07 bits per heavy atom. The summed E-state index contributed by atoms with van der Waals surface area (Å²) in [6.07, 6.45) is 4.06. The smallest absolute Gasteiger partial charge is 0.274 e. The highest BCUT2D eigenvalue weighted by atomic mass is 16.1. The summed E-state index contributed by atoms with van der Waals surface area (Å²) in [5.74, 6) is 0.326. The number of carbonyl (C=O) groups excluding carboxylic acids is 1. The van der Waals surface area contributed by atoms with E-state index in [1.165, 1.54) is 11.1 Å². The lowest BCUT2D eigenvalue weighted by Gasteiger charge is -2.16. The highest BCUT2D eigenvalue weighted by Crippen LogP contribution is 2.41. The number of rotatable bonds is 6. The molecule has 0 unspecified atom stereocenters. The van der Waals surface area contributed by atoms with Gasteiger partial charge in [0.2, 0.25) is 0 Å². The monoisotopic (exact) mass is 400 g/mol. The first-order valence-corrected chi connectivity index (χ1v) is 10.4. The first-order valence-electron chi connectivity index (χ1n) is 10.4. The maximum absolute atomic E-state index is 13.0. The summed E-state index contributed by atoms with van der Waals surface area (Å²) in [6, 6.07) is 14.1. The van der Waals surface area contributed by atoms with Gasteiger partial charge in [-0.25, -0.2) is 0 Å². The van der Waals surface area contributed by atoms with Crippen LogP contribution in [0.15, 0.2) is 48.7 Å². The molecule has 2 aromatic carbocycles. The van der Waals surface area contributed by atoms with Crippen LogP contribution >= 0.6 is 0 Å². The van der Waals surface area contributed by atoms with Gasteiger partial charge in [0.25, 0.3) is 5.91 Å². The van der Waals surface area contributed by atoms with Crippen LogP contribution in [0.1, 0.15) is 51.5 Å². The first kappa shape index (κ1) is 20.1. The van der Waals surface area contributed by atoms with Crippen LogP contribution in [-0.4, -0.2) is 17.9 Å². The third-order valence-corrected chi connectivity index (χ3v) is 5.97. The maximum Gasteiger partial charge on any atom is 0.274 e. The molecule has 1 aliphatic carbocycles. The van der Waals surface area contributed by atoms with Crippen LogP contribution in [0.3, 0.4) is 0 Å². The predicted octanol–water partition coefficient (Wildman–Crippen LogP) is 5.00. The third kappa shape index (κ3) is 3.81. The number of nitrogens with zero attached hydrogens (tertiary/aromatic N) is 1. The van der Waals surface area contributed by atoms with Gasteiger partial charge in [0.1, 0.15) is 5.69 Å². The molecule has 0 spiro atoms. The third-order valence-electron chi connectivity index (χ3n) is 5.97. The molecule has 5 heteroatoms. The number of aromatic nitrogens is 1. The van der Waals surface area contributed by atoms with Crippen LogP contribution in [0.2, 0.25) is 0 Å². The Kier molecular flexibility index (Phi) is 5.55. The van der Waals surface area contributed by atoms with Crippen molar-refractivity contribution in [1.29, 1.82) is 0 Å². The van der Waals surface area contributed by atoms with Gasteiger partial charge in [-0.1, -0.05) is 24.3 Å². The molecule has 3 aromatic rings. The van der Waals surface area contributed by atoms with Crippen molar-refractivity contribution < 1.29 is 4.79 Å². The van der Waals surface area contributed by atoms with Gasteiger partial charge in [0.05, 0.1) is 0 Å². The van der Waals surface area contributed by atoms with Gasteiger partial charge in [-0.05, 0) is 84.2 Å². The maximum atomic E-state index is 13.0. The van der Waals surface area contributed by atoms with Crippen molar-refractivity contribution in [2.75, 3.05) is 17.7 Å². The zero-order valence-electron chi connectivity index (χ0n) is 17.8. The van der Waals surface area contributed by atoms with Gasteiger partial charge >= 0.3 is 0 Å². The Labute approximate surface area is 177 Å². The molecule has 1 aromatic heterocycles. The molecule has 0 atom stereocenters. The van der Waals surface area contributed by atoms with Gasteiger partial charge in [-0.3, -0.25) is 9.78 Å². The van der Waals surface area contributed by atoms with E-state index in [-0.39, 0.29) is 5.91 Å². The molecule has 1 saturated carbocycles. The van der Waals surface area contributed by atoms with E-state index in [4.69, 9.17) is 5.73 Å². The molecule has 4 rings (SSSR count). The minimum atomic E-state index is -0.193. The number of amides is 1. The number of nitrogens with two attached hydrogens (primary N) is 1. The molecule has 0 bridgehead atoms. The number of hydrogen-bond acceptors (Lipinski definition) is 4. The van der Waals surface area contributed by atoms with E-state index in [0.717, 1.165) is 46.5 Å². The molecule has 0 aliphatic heterocycles. The summed E-state index contributed by atoms with van der Waals surface area (Å²) in [4.78, 5) is 17.3. The zero-order valence-corrected chi connectivity index (χ0v) is 17.8. The normalized spacial score (nSPS) is 13.2. The summed E-state index contributed by atoms with van der Waals surface area (Å²) >= 11 is 0. The lowest BCUT2D eigenvalue weighted by Crippen LogP contribution is -2.16. The van der Waals surface area contributed by atoms with E-state index in [1.54, 1.807) is 6.20 Å². The van der Waals surface area contributed by atoms with Crippen LogP contribution in [-0.2, 0) is 6.54 Å². The van der Waals surface area contributed by atoms with Crippen molar-refractivity contribution in [3.63, 3.8) is 0 Å². The van der Waals surface area contributed by atoms with Gasteiger partial charge in [0.15, 0.2) is 0 Å². The predicted molar refractivity (Wildman–Crippen MR) is 123 cm³/mol. The van der Waals surface area contributed by atoms with Crippen molar-refractivity contribution in [3.05, 3.63) is 76.6 Å². The highest BCUT2D eigenvalue weighted by Gasteiger charge is 2.27. The van der Waals surface area contributed by atoms with Crippen molar-refractivity contribution in [1.82, 2.24) is 4.98 Å². The summed E-state index contributed by atoms with van der Waals surface area (Å²) < 4.78 is 0. The van der Waals surface area contributed by atoms with Crippen LogP contribution in [0, 0.1) is 13.8 Å². The number of nitrogens with one attached hydrogen (secondary N) is 2. The Bertz CT molecular complexity index is 1100. The topological polar surface area (TPSA) is 80.0 Å². The largest absolute Gasteiger partial charge is 0.388 e. The van der Waals surface area contributed by atoms with E-state index >= 15 is 0 Å². The van der Waals surface area contributed by atoms with E-state index in [9.17, 15) is 4.79 Å². The molecule has 30 heavy (non-hydrogen) atoms. The fourth-order valence-corrected chi connectivity index (χ4v) is 4.02. The zero-order chi connectivity index (χ0) is 21.3. The van der Waals surface area contributed by atoms with E-state index in [0.29, 0.717) is 18.2 Å². The molecule has 1 aliphatic rings. The Hall–Kier alpha value is -3.18. The van der Waals surface area contributed by atoms with E-state index < -0.39 is 0 Å². The summed E-state index contributed by atoms with van der Waals surface area (Å²) in [7, 11) is 1.93. The van der Waals surface area contributed by atoms with Crippen molar-refractivity contribution in [3.8, 4) is 11.1 Å². The number of anilines is 2. The van der Waals surface area contributed by atoms with Crippen LogP contribution in [0.25, 0.3) is 11.1 Å². The first-order chi connectivity index (χ1) is 14.5. The Balaban J connectivity index is 1.64. The molecule has 4 N–H and O–H groups in total. The Morgan fingerprint density at radius 3 is 2.30 bits per heavy atom. The van der Waals surface area contributed by atoms with E-state index in [1.807, 2.05) is 38.2 Å². The summed E-state index contributed by atoms with van der Waals surface area (Å²) in [5.41, 5.74) is 14.8. The average Bonchev–Trinajstić information content (AvgIpc) is 3.60. The van der Waals surface area contributed by atoms with E-state index in [2.05, 4.69) is 40.7 Å². The number of pyridine rings is 1. The molecule has 1 amide bonds. The second-order valence-corrected chi connectivity index (χ2v) is 7.91. The molecule has 0 radical (unpaired) electrons. The Morgan fingerprint density at radius 2 is 1.70 bits per heavy atom. The van der Waals surface area contributed by atoms with Crippen LogP contribution in [0.5, 0.6) is 0 Å². The van der Waals surface area contributed by atoms with Gasteiger partial charge in [0, 0.05) is 31.2 Å². The summed E-state index contributed by atoms with van der Waals surface area (Å²) in [6.45, 7) is 4.60. The fraction of sp³-hybridized carbons (Fsp3) is 0.280. The SMILES string of the molecule is CNc1cccc(-c2cccc(NC(=O)c3cc(C4CC4)c(CN)cn3)c2C)c1C. The lowest BCUT2D eigenvalue weighted by atomic mass is 9.94. The average molecular weight is 401 g/mol. The van der Waals surface area contributed by atoms with Crippen LogP contribution in [0.4, 0.5) is 11.4 Å². The van der Waals surface area contributed by atoms with Crippen molar-refractivity contribution >= 4 is 17.3 Å². The second kappa shape index (κ2) is 8.28. The molecular formula is C25H28N4O. The van der Waals surface area contributed by atoms with Gasteiger partial charge in [-0.15, -0.1) is 0 Å². The summed E-state index contributed by atoms with van der Waals surface area (Å²) in [5, 5.41) is 6.30. The van der Waals surface area contributed by atoms with Crippen LogP contribution < -0.4 is 16.4 Å². The number of carbonyl (C=O) groups is 1. The molecule has 0 saturated heterocycles. The van der Waals surface area contributed by atoms with Crippen molar-refractivity contribution in [2.45, 2.75) is 39.2 Å². The fourth-order valence-electron chi connectivity index (χ4n) is 4.02. The van der Waals surface area contributed by atoms with Gasteiger partial charge in [-0.2, -0.15) is 0 Å². The molecular weight excluding hydrogens is 372 g/mol. The molecule has 1 heterocycles. The van der Waals surface area contributed by atoms with Crippen molar-refractivity contribution in [2.24, 2.45) is 5.73 Å².